The summed E-state index contributed by atoms with van der Waals surface area (Å²) in [5, 5.41) is 2.87. The maximum Gasteiger partial charge on any atom is 0.327 e. The summed E-state index contributed by atoms with van der Waals surface area (Å²) < 4.78 is 0.967. The van der Waals surface area contributed by atoms with Gasteiger partial charge in [-0.3, -0.25) is 14.5 Å². The van der Waals surface area contributed by atoms with E-state index in [2.05, 4.69) is 21.2 Å². The Labute approximate surface area is 162 Å². The summed E-state index contributed by atoms with van der Waals surface area (Å²) in [5.74, 6) is -0.556. The van der Waals surface area contributed by atoms with E-state index in [0.717, 1.165) is 34.2 Å². The lowest BCUT2D eigenvalue weighted by Gasteiger charge is -2.35. The van der Waals surface area contributed by atoms with Gasteiger partial charge in [0.1, 0.15) is 12.1 Å². The minimum Gasteiger partial charge on any atom is -0.348 e. The number of hydrogen-bond donors (Lipinski definition) is 1. The zero-order chi connectivity index (χ0) is 18.9. The lowest BCUT2D eigenvalue weighted by Crippen LogP contribution is -2.49. The van der Waals surface area contributed by atoms with Crippen molar-refractivity contribution in [1.29, 1.82) is 0 Å². The second-order valence-corrected chi connectivity index (χ2v) is 8.08. The molecule has 1 saturated carbocycles. The van der Waals surface area contributed by atoms with Gasteiger partial charge in [-0.1, -0.05) is 47.3 Å². The van der Waals surface area contributed by atoms with Crippen molar-refractivity contribution in [2.75, 3.05) is 13.6 Å². The average molecular weight is 422 g/mol. The van der Waals surface area contributed by atoms with E-state index >= 15 is 0 Å². The van der Waals surface area contributed by atoms with Crippen LogP contribution < -0.4 is 5.32 Å². The molecule has 1 aromatic rings. The predicted molar refractivity (Wildman–Crippen MR) is 101 cm³/mol. The van der Waals surface area contributed by atoms with Crippen LogP contribution in [-0.2, 0) is 9.59 Å². The molecule has 2 aliphatic rings. The molecule has 6 nitrogen and oxygen atoms in total. The van der Waals surface area contributed by atoms with Crippen LogP contribution >= 0.6 is 15.9 Å². The molecule has 3 rings (SSSR count). The van der Waals surface area contributed by atoms with Crippen molar-refractivity contribution < 1.29 is 14.4 Å². The Morgan fingerprint density at radius 2 is 1.81 bits per heavy atom. The minimum atomic E-state index is -0.743. The first-order chi connectivity index (χ1) is 12.3. The number of likely N-dealkylation sites (N-methyl/N-ethyl adjacent to an activating group) is 1. The normalized spacial score (nSPS) is 20.6. The van der Waals surface area contributed by atoms with Crippen LogP contribution in [0.15, 0.2) is 28.7 Å². The molecule has 26 heavy (non-hydrogen) atoms. The van der Waals surface area contributed by atoms with Crippen molar-refractivity contribution in [3.63, 3.8) is 0 Å². The molecular formula is C19H24BrN3O3. The van der Waals surface area contributed by atoms with E-state index in [1.165, 1.54) is 0 Å². The van der Waals surface area contributed by atoms with Crippen LogP contribution in [0.4, 0.5) is 4.79 Å². The van der Waals surface area contributed by atoms with Crippen LogP contribution in [0.1, 0.15) is 50.6 Å². The fourth-order valence-corrected chi connectivity index (χ4v) is 4.20. The number of urea groups is 1. The molecule has 7 heteroatoms. The highest BCUT2D eigenvalue weighted by molar-refractivity contribution is 9.10. The van der Waals surface area contributed by atoms with Crippen LogP contribution in [-0.4, -0.2) is 46.8 Å². The predicted octanol–water partition coefficient (Wildman–Crippen LogP) is 3.22. The number of benzene rings is 1. The van der Waals surface area contributed by atoms with Crippen LogP contribution in [0.5, 0.6) is 0 Å². The number of halogens is 1. The fourth-order valence-electron chi connectivity index (χ4n) is 3.94. The van der Waals surface area contributed by atoms with Crippen molar-refractivity contribution in [3.8, 4) is 0 Å². The van der Waals surface area contributed by atoms with Gasteiger partial charge in [-0.05, 0) is 37.5 Å². The molecule has 1 saturated heterocycles. The third kappa shape index (κ3) is 3.37. The zero-order valence-electron chi connectivity index (χ0n) is 15.1. The summed E-state index contributed by atoms with van der Waals surface area (Å²) in [4.78, 5) is 40.6. The molecule has 1 aromatic carbocycles. The third-order valence-corrected chi connectivity index (χ3v) is 6.06. The van der Waals surface area contributed by atoms with Gasteiger partial charge in [0.2, 0.25) is 5.91 Å². The van der Waals surface area contributed by atoms with Crippen LogP contribution in [0.25, 0.3) is 0 Å². The Balaban J connectivity index is 1.66. The Hall–Kier alpha value is -1.89. The molecule has 0 radical (unpaired) electrons. The standard InChI is InChI=1S/C19H24BrN3O3/c1-13(14-6-8-15(20)9-7-14)21-16(24)12-23-17(25)19(22(2)18(23)26)10-4-3-5-11-19/h6-9,13H,3-5,10-12H2,1-2H3,(H,21,24)/t13-/m0/s1. The molecule has 1 heterocycles. The Kier molecular flexibility index (Phi) is 5.37. The molecule has 0 aromatic heterocycles. The van der Waals surface area contributed by atoms with Crippen LogP contribution in [0, 0.1) is 0 Å². The first kappa shape index (κ1) is 18.9. The molecule has 0 unspecified atom stereocenters. The molecule has 1 spiro atoms. The number of carbonyl (C=O) groups is 3. The van der Waals surface area contributed by atoms with Gasteiger partial charge in [0.25, 0.3) is 5.91 Å². The van der Waals surface area contributed by atoms with Gasteiger partial charge in [-0.25, -0.2) is 4.79 Å². The summed E-state index contributed by atoms with van der Waals surface area (Å²) in [6.07, 6.45) is 4.32. The monoisotopic (exact) mass is 421 g/mol. The molecule has 4 amide bonds. The van der Waals surface area contributed by atoms with E-state index in [0.29, 0.717) is 12.8 Å². The summed E-state index contributed by atoms with van der Waals surface area (Å²) in [6, 6.07) is 7.09. The summed E-state index contributed by atoms with van der Waals surface area (Å²) in [6.45, 7) is 1.65. The lowest BCUT2D eigenvalue weighted by atomic mass is 9.81. The Morgan fingerprint density at radius 1 is 1.19 bits per heavy atom. The largest absolute Gasteiger partial charge is 0.348 e. The van der Waals surface area contributed by atoms with E-state index in [1.54, 1.807) is 11.9 Å². The lowest BCUT2D eigenvalue weighted by molar-refractivity contribution is -0.137. The number of amides is 4. The maximum absolute atomic E-state index is 12.9. The van der Waals surface area contributed by atoms with E-state index in [1.807, 2.05) is 31.2 Å². The molecule has 2 fully saturated rings. The Bertz CT molecular complexity index is 713. The fraction of sp³-hybridized carbons (Fsp3) is 0.526. The van der Waals surface area contributed by atoms with Crippen LogP contribution in [0.3, 0.4) is 0 Å². The van der Waals surface area contributed by atoms with Gasteiger partial charge in [0.15, 0.2) is 0 Å². The average Bonchev–Trinajstić information content (AvgIpc) is 2.79. The van der Waals surface area contributed by atoms with Crippen molar-refractivity contribution in [1.82, 2.24) is 15.1 Å². The zero-order valence-corrected chi connectivity index (χ0v) is 16.7. The van der Waals surface area contributed by atoms with Crippen molar-refractivity contribution >= 4 is 33.8 Å². The van der Waals surface area contributed by atoms with E-state index in [9.17, 15) is 14.4 Å². The van der Waals surface area contributed by atoms with Gasteiger partial charge >= 0.3 is 6.03 Å². The van der Waals surface area contributed by atoms with Gasteiger partial charge < -0.3 is 10.2 Å². The van der Waals surface area contributed by atoms with Crippen molar-refractivity contribution in [2.45, 2.75) is 50.6 Å². The van der Waals surface area contributed by atoms with E-state index in [4.69, 9.17) is 0 Å². The first-order valence-corrected chi connectivity index (χ1v) is 9.79. The number of rotatable bonds is 4. The minimum absolute atomic E-state index is 0.204. The molecule has 1 N–H and O–H groups in total. The van der Waals surface area contributed by atoms with E-state index in [-0.39, 0.29) is 30.4 Å². The van der Waals surface area contributed by atoms with Gasteiger partial charge in [-0.15, -0.1) is 0 Å². The molecule has 1 atom stereocenters. The van der Waals surface area contributed by atoms with Gasteiger partial charge in [0, 0.05) is 11.5 Å². The SMILES string of the molecule is C[C@H](NC(=O)CN1C(=O)N(C)C2(CCCCC2)C1=O)c1ccc(Br)cc1. The second kappa shape index (κ2) is 7.39. The quantitative estimate of drug-likeness (QED) is 0.758. The number of carbonyl (C=O) groups excluding carboxylic acids is 3. The van der Waals surface area contributed by atoms with E-state index < -0.39 is 5.54 Å². The van der Waals surface area contributed by atoms with Crippen LogP contribution in [0.2, 0.25) is 0 Å². The van der Waals surface area contributed by atoms with Gasteiger partial charge in [0.05, 0.1) is 6.04 Å². The second-order valence-electron chi connectivity index (χ2n) is 7.17. The summed E-state index contributed by atoms with van der Waals surface area (Å²) >= 11 is 3.38. The summed E-state index contributed by atoms with van der Waals surface area (Å²) in [5.41, 5.74) is 0.217. The van der Waals surface area contributed by atoms with Crippen molar-refractivity contribution in [3.05, 3.63) is 34.3 Å². The highest BCUT2D eigenvalue weighted by Crippen LogP contribution is 2.39. The molecular weight excluding hydrogens is 398 g/mol. The number of hydrogen-bond acceptors (Lipinski definition) is 3. The van der Waals surface area contributed by atoms with Gasteiger partial charge in [-0.2, -0.15) is 0 Å². The molecule has 0 bridgehead atoms. The summed E-state index contributed by atoms with van der Waals surface area (Å²) in [7, 11) is 1.67. The molecule has 1 aliphatic heterocycles. The number of imide groups is 1. The highest BCUT2D eigenvalue weighted by atomic mass is 79.9. The Morgan fingerprint density at radius 3 is 2.42 bits per heavy atom. The number of nitrogens with one attached hydrogen (secondary N) is 1. The van der Waals surface area contributed by atoms with Crippen molar-refractivity contribution in [2.24, 2.45) is 0 Å². The topological polar surface area (TPSA) is 69.7 Å². The molecule has 140 valence electrons. The highest BCUT2D eigenvalue weighted by Gasteiger charge is 2.55. The smallest absolute Gasteiger partial charge is 0.327 e. The first-order valence-electron chi connectivity index (χ1n) is 9.00. The molecule has 1 aliphatic carbocycles. The maximum atomic E-state index is 12.9. The number of nitrogens with zero attached hydrogens (tertiary/aromatic N) is 2. The third-order valence-electron chi connectivity index (χ3n) is 5.53.